The minimum Gasteiger partial charge on any atom is -0.494 e. The second-order valence-corrected chi connectivity index (χ2v) is 6.69. The lowest BCUT2D eigenvalue weighted by molar-refractivity contribution is 0.386. The van der Waals surface area contributed by atoms with Crippen LogP contribution in [0.5, 0.6) is 5.75 Å². The number of benzene rings is 1. The third-order valence-electron chi connectivity index (χ3n) is 3.55. The Kier molecular flexibility index (Phi) is 9.12. The van der Waals surface area contributed by atoms with E-state index in [9.17, 15) is 4.39 Å². The van der Waals surface area contributed by atoms with Gasteiger partial charge in [-0.15, -0.1) is 35.3 Å². The molecule has 2 rings (SSSR count). The van der Waals surface area contributed by atoms with E-state index in [1.165, 1.54) is 18.1 Å². The molecule has 0 aliphatic heterocycles. The summed E-state index contributed by atoms with van der Waals surface area (Å²) in [5.74, 6) is 0.546. The summed E-state index contributed by atoms with van der Waals surface area (Å²) in [6.45, 7) is 4.74. The predicted molar refractivity (Wildman–Crippen MR) is 112 cm³/mol. The number of hydrogen-bond donors (Lipinski definition) is 2. The molecule has 138 valence electrons. The molecule has 0 aliphatic rings. The molecule has 1 aromatic heterocycles. The zero-order valence-electron chi connectivity index (χ0n) is 14.8. The first-order chi connectivity index (χ1) is 11.5. The quantitative estimate of drug-likeness (QED) is 0.378. The highest BCUT2D eigenvalue weighted by molar-refractivity contribution is 14.0. The lowest BCUT2D eigenvalue weighted by atomic mass is 10.1. The molecule has 1 heterocycles. The number of aromatic nitrogens is 1. The van der Waals surface area contributed by atoms with Crippen LogP contribution in [0.25, 0.3) is 0 Å². The summed E-state index contributed by atoms with van der Waals surface area (Å²) < 4.78 is 18.8. The van der Waals surface area contributed by atoms with E-state index >= 15 is 0 Å². The predicted octanol–water partition coefficient (Wildman–Crippen LogP) is 3.69. The molecule has 25 heavy (non-hydrogen) atoms. The van der Waals surface area contributed by atoms with E-state index < -0.39 is 0 Å². The van der Waals surface area contributed by atoms with Gasteiger partial charge in [0.25, 0.3) is 0 Å². The number of guanidine groups is 1. The minimum atomic E-state index is -0.370. The van der Waals surface area contributed by atoms with Crippen molar-refractivity contribution >= 4 is 41.3 Å². The molecule has 0 bridgehead atoms. The second-order valence-electron chi connectivity index (χ2n) is 5.37. The average molecular weight is 478 g/mol. The largest absolute Gasteiger partial charge is 0.494 e. The monoisotopic (exact) mass is 478 g/mol. The molecule has 1 aromatic carbocycles. The molecular formula is C17H24FIN4OS. The summed E-state index contributed by atoms with van der Waals surface area (Å²) in [5, 5.41) is 7.60. The minimum absolute atomic E-state index is 0. The summed E-state index contributed by atoms with van der Waals surface area (Å²) in [7, 11) is 3.17. The van der Waals surface area contributed by atoms with Crippen molar-refractivity contribution < 1.29 is 9.13 Å². The van der Waals surface area contributed by atoms with Crippen molar-refractivity contribution in [1.82, 2.24) is 15.6 Å². The molecule has 0 aliphatic carbocycles. The van der Waals surface area contributed by atoms with Gasteiger partial charge in [-0.1, -0.05) is 6.07 Å². The van der Waals surface area contributed by atoms with Gasteiger partial charge in [0.05, 0.1) is 18.2 Å². The number of nitrogens with one attached hydrogen (secondary N) is 2. The van der Waals surface area contributed by atoms with Crippen LogP contribution in [0.3, 0.4) is 0 Å². The molecule has 8 heteroatoms. The lowest BCUT2D eigenvalue weighted by Gasteiger charge is -2.18. The van der Waals surface area contributed by atoms with Crippen LogP contribution in [-0.4, -0.2) is 31.6 Å². The van der Waals surface area contributed by atoms with Crippen molar-refractivity contribution in [3.63, 3.8) is 0 Å². The van der Waals surface area contributed by atoms with E-state index in [0.29, 0.717) is 5.96 Å². The van der Waals surface area contributed by atoms with Gasteiger partial charge in [0.1, 0.15) is 0 Å². The highest BCUT2D eigenvalue weighted by atomic mass is 127. The first kappa shape index (κ1) is 21.6. The fourth-order valence-corrected chi connectivity index (χ4v) is 3.03. The molecule has 1 unspecified atom stereocenters. The summed E-state index contributed by atoms with van der Waals surface area (Å²) in [5.41, 5.74) is 0.826. The van der Waals surface area contributed by atoms with Crippen molar-refractivity contribution in [2.24, 2.45) is 4.99 Å². The van der Waals surface area contributed by atoms with Crippen molar-refractivity contribution in [2.75, 3.05) is 20.7 Å². The first-order valence-corrected chi connectivity index (χ1v) is 8.57. The van der Waals surface area contributed by atoms with Crippen LogP contribution in [0.2, 0.25) is 0 Å². The summed E-state index contributed by atoms with van der Waals surface area (Å²) in [6.07, 6.45) is 2.72. The van der Waals surface area contributed by atoms with Gasteiger partial charge < -0.3 is 15.4 Å². The zero-order valence-corrected chi connectivity index (χ0v) is 17.9. The van der Waals surface area contributed by atoms with E-state index in [0.717, 1.165) is 23.5 Å². The molecule has 0 amide bonds. The summed E-state index contributed by atoms with van der Waals surface area (Å²) in [6, 6.07) is 4.86. The van der Waals surface area contributed by atoms with Gasteiger partial charge in [-0.25, -0.2) is 9.37 Å². The van der Waals surface area contributed by atoms with E-state index in [1.54, 1.807) is 24.5 Å². The molecule has 0 saturated heterocycles. The number of hydrogen-bond acceptors (Lipinski definition) is 4. The first-order valence-electron chi connectivity index (χ1n) is 7.75. The van der Waals surface area contributed by atoms with Gasteiger partial charge in [-0.3, -0.25) is 4.99 Å². The topological polar surface area (TPSA) is 58.5 Å². The van der Waals surface area contributed by atoms with Gasteiger partial charge in [0, 0.05) is 31.1 Å². The van der Waals surface area contributed by atoms with Crippen molar-refractivity contribution in [3.8, 4) is 5.75 Å². The molecule has 0 spiro atoms. The van der Waals surface area contributed by atoms with Gasteiger partial charge >= 0.3 is 0 Å². The van der Waals surface area contributed by atoms with Gasteiger partial charge in [0.15, 0.2) is 17.5 Å². The molecule has 5 nitrogen and oxygen atoms in total. The average Bonchev–Trinajstić information content (AvgIpc) is 2.99. The van der Waals surface area contributed by atoms with E-state index in [2.05, 4.69) is 20.6 Å². The third kappa shape index (κ3) is 6.43. The van der Waals surface area contributed by atoms with Gasteiger partial charge in [-0.2, -0.15) is 0 Å². The number of rotatable bonds is 6. The van der Waals surface area contributed by atoms with Crippen LogP contribution in [0.1, 0.15) is 28.4 Å². The maximum atomic E-state index is 13.8. The SMILES string of the molecule is CN=C(NCCc1ncc(C)s1)NC(C)c1ccc(OC)c(F)c1.I. The summed E-state index contributed by atoms with van der Waals surface area (Å²) >= 11 is 1.70. The van der Waals surface area contributed by atoms with Crippen molar-refractivity contribution in [1.29, 1.82) is 0 Å². The fourth-order valence-electron chi connectivity index (χ4n) is 2.24. The summed E-state index contributed by atoms with van der Waals surface area (Å²) in [4.78, 5) is 9.75. The van der Waals surface area contributed by atoms with Crippen LogP contribution in [0.15, 0.2) is 29.4 Å². The van der Waals surface area contributed by atoms with Crippen LogP contribution in [0.4, 0.5) is 4.39 Å². The second kappa shape index (κ2) is 10.5. The van der Waals surface area contributed by atoms with Crippen molar-refractivity contribution in [3.05, 3.63) is 45.7 Å². The van der Waals surface area contributed by atoms with Crippen LogP contribution in [-0.2, 0) is 6.42 Å². The molecule has 0 radical (unpaired) electrons. The number of aliphatic imine (C=N–C) groups is 1. The van der Waals surface area contributed by atoms with Gasteiger partial charge in [0.2, 0.25) is 0 Å². The highest BCUT2D eigenvalue weighted by Crippen LogP contribution is 2.21. The number of methoxy groups -OCH3 is 1. The zero-order chi connectivity index (χ0) is 17.5. The number of aryl methyl sites for hydroxylation is 1. The third-order valence-corrected chi connectivity index (χ3v) is 4.53. The van der Waals surface area contributed by atoms with Gasteiger partial charge in [-0.05, 0) is 31.5 Å². The molecular weight excluding hydrogens is 454 g/mol. The number of ether oxygens (including phenoxy) is 1. The van der Waals surface area contributed by atoms with Crippen LogP contribution in [0, 0.1) is 12.7 Å². The Morgan fingerprint density at radius 3 is 2.76 bits per heavy atom. The molecule has 2 aromatic rings. The Labute approximate surface area is 169 Å². The number of thiazole rings is 1. The molecule has 2 N–H and O–H groups in total. The van der Waals surface area contributed by atoms with Crippen LogP contribution >= 0.6 is 35.3 Å². The van der Waals surface area contributed by atoms with Crippen molar-refractivity contribution in [2.45, 2.75) is 26.3 Å². The van der Waals surface area contributed by atoms with E-state index in [1.807, 2.05) is 26.1 Å². The van der Waals surface area contributed by atoms with E-state index in [4.69, 9.17) is 4.74 Å². The smallest absolute Gasteiger partial charge is 0.191 e. The van der Waals surface area contributed by atoms with Crippen LogP contribution < -0.4 is 15.4 Å². The lowest BCUT2D eigenvalue weighted by Crippen LogP contribution is -2.39. The Morgan fingerprint density at radius 1 is 1.44 bits per heavy atom. The standard InChI is InChI=1S/C17H23FN4OS.HI/c1-11-10-21-16(24-11)7-8-20-17(19-3)22-12(2)13-5-6-15(23-4)14(18)9-13;/h5-6,9-10,12H,7-8H2,1-4H3,(H2,19,20,22);1H. The Bertz CT molecular complexity index is 708. The number of nitrogens with zero attached hydrogens (tertiary/aromatic N) is 2. The molecule has 1 atom stereocenters. The number of halogens is 2. The maximum Gasteiger partial charge on any atom is 0.191 e. The Hall–Kier alpha value is -1.42. The Balaban J connectivity index is 0.00000312. The normalized spacial score (nSPS) is 12.3. The Morgan fingerprint density at radius 2 is 2.20 bits per heavy atom. The fraction of sp³-hybridized carbons (Fsp3) is 0.412. The highest BCUT2D eigenvalue weighted by Gasteiger charge is 2.11. The maximum absolute atomic E-state index is 13.8. The van der Waals surface area contributed by atoms with E-state index in [-0.39, 0.29) is 41.6 Å². The molecule has 0 saturated carbocycles. The molecule has 0 fully saturated rings.